The van der Waals surface area contributed by atoms with Gasteiger partial charge in [0.2, 0.25) is 0 Å². The van der Waals surface area contributed by atoms with Gasteiger partial charge >= 0.3 is 0 Å². The molecule has 8 heteroatoms. The van der Waals surface area contributed by atoms with Crippen molar-refractivity contribution < 1.29 is 19.4 Å². The standard InChI is InChI=1S/C16H14Cl2N2O4/c1-23-15-4-2-10(6-13(15)21)8-19-20-16(22)9-24-14-5-3-11(17)7-12(14)18/h2-8,21H,9H2,1H3,(H,20,22)/b19-8+. The maximum atomic E-state index is 11.7. The average Bonchev–Trinajstić information content (AvgIpc) is 2.54. The molecule has 0 atom stereocenters. The summed E-state index contributed by atoms with van der Waals surface area (Å²) in [4.78, 5) is 11.7. The van der Waals surface area contributed by atoms with E-state index in [1.54, 1.807) is 24.3 Å². The predicted octanol–water partition coefficient (Wildman–Crippen LogP) is 3.24. The van der Waals surface area contributed by atoms with E-state index in [2.05, 4.69) is 10.5 Å². The fraction of sp³-hybridized carbons (Fsp3) is 0.125. The summed E-state index contributed by atoms with van der Waals surface area (Å²) in [5.41, 5.74) is 2.90. The van der Waals surface area contributed by atoms with E-state index < -0.39 is 5.91 Å². The van der Waals surface area contributed by atoms with Crippen molar-refractivity contribution in [1.82, 2.24) is 5.43 Å². The number of aromatic hydroxyl groups is 1. The molecule has 2 N–H and O–H groups in total. The van der Waals surface area contributed by atoms with Crippen LogP contribution in [0.3, 0.4) is 0 Å². The Morgan fingerprint density at radius 3 is 2.67 bits per heavy atom. The van der Waals surface area contributed by atoms with Gasteiger partial charge < -0.3 is 14.6 Å². The summed E-state index contributed by atoms with van der Waals surface area (Å²) < 4.78 is 10.2. The second kappa shape index (κ2) is 8.42. The summed E-state index contributed by atoms with van der Waals surface area (Å²) in [6.07, 6.45) is 1.38. The zero-order valence-corrected chi connectivity index (χ0v) is 14.1. The third kappa shape index (κ3) is 5.04. The molecule has 0 bridgehead atoms. The van der Waals surface area contributed by atoms with Gasteiger partial charge in [-0.1, -0.05) is 23.2 Å². The Hall–Kier alpha value is -2.44. The molecular weight excluding hydrogens is 355 g/mol. The second-order valence-corrected chi connectivity index (χ2v) is 5.43. The largest absolute Gasteiger partial charge is 0.504 e. The van der Waals surface area contributed by atoms with Crippen molar-refractivity contribution >= 4 is 35.3 Å². The molecule has 0 aliphatic heterocycles. The number of hydrogen-bond acceptors (Lipinski definition) is 5. The molecule has 0 aliphatic rings. The maximum Gasteiger partial charge on any atom is 0.277 e. The van der Waals surface area contributed by atoms with E-state index in [1.165, 1.54) is 25.5 Å². The highest BCUT2D eigenvalue weighted by Crippen LogP contribution is 2.27. The Balaban J connectivity index is 1.85. The third-order valence-electron chi connectivity index (χ3n) is 2.86. The van der Waals surface area contributed by atoms with Gasteiger partial charge in [-0.25, -0.2) is 5.43 Å². The Morgan fingerprint density at radius 1 is 1.25 bits per heavy atom. The monoisotopic (exact) mass is 368 g/mol. The van der Waals surface area contributed by atoms with Gasteiger partial charge in [0.15, 0.2) is 18.1 Å². The molecule has 1 amide bonds. The number of amides is 1. The van der Waals surface area contributed by atoms with Crippen LogP contribution in [0.1, 0.15) is 5.56 Å². The number of hydrogen-bond donors (Lipinski definition) is 2. The highest BCUT2D eigenvalue weighted by molar-refractivity contribution is 6.35. The van der Waals surface area contributed by atoms with Crippen molar-refractivity contribution in [3.63, 3.8) is 0 Å². The lowest BCUT2D eigenvalue weighted by atomic mass is 10.2. The molecule has 2 aromatic rings. The first kappa shape index (κ1) is 17.9. The fourth-order valence-corrected chi connectivity index (χ4v) is 2.20. The van der Waals surface area contributed by atoms with E-state index in [4.69, 9.17) is 32.7 Å². The summed E-state index contributed by atoms with van der Waals surface area (Å²) in [7, 11) is 1.45. The number of methoxy groups -OCH3 is 1. The molecule has 2 rings (SSSR count). The highest BCUT2D eigenvalue weighted by Gasteiger charge is 2.06. The lowest BCUT2D eigenvalue weighted by Crippen LogP contribution is -2.24. The molecule has 0 saturated carbocycles. The van der Waals surface area contributed by atoms with Crippen LogP contribution in [0.4, 0.5) is 0 Å². The van der Waals surface area contributed by atoms with Gasteiger partial charge in [0.05, 0.1) is 18.3 Å². The Labute approximate surface area is 148 Å². The van der Waals surface area contributed by atoms with E-state index in [9.17, 15) is 9.90 Å². The molecule has 0 spiro atoms. The number of ether oxygens (including phenoxy) is 2. The van der Waals surface area contributed by atoms with Crippen LogP contribution in [0.25, 0.3) is 0 Å². The van der Waals surface area contributed by atoms with E-state index in [1.807, 2.05) is 0 Å². The molecule has 0 unspecified atom stereocenters. The predicted molar refractivity (Wildman–Crippen MR) is 92.4 cm³/mol. The number of hydrazone groups is 1. The van der Waals surface area contributed by atoms with Gasteiger partial charge in [-0.05, 0) is 42.0 Å². The van der Waals surface area contributed by atoms with Crippen molar-refractivity contribution in [2.24, 2.45) is 5.10 Å². The molecule has 126 valence electrons. The number of rotatable bonds is 6. The summed E-state index contributed by atoms with van der Waals surface area (Å²) in [6.45, 7) is -0.257. The number of phenolic OH excluding ortho intramolecular Hbond substituents is 1. The number of carbonyl (C=O) groups is 1. The molecule has 0 radical (unpaired) electrons. The van der Waals surface area contributed by atoms with E-state index in [0.29, 0.717) is 27.1 Å². The average molecular weight is 369 g/mol. The smallest absolute Gasteiger partial charge is 0.277 e. The minimum atomic E-state index is -0.463. The van der Waals surface area contributed by atoms with Crippen molar-refractivity contribution in [3.05, 3.63) is 52.0 Å². The number of phenols is 1. The number of nitrogens with one attached hydrogen (secondary N) is 1. The zero-order valence-electron chi connectivity index (χ0n) is 12.6. The topological polar surface area (TPSA) is 80.2 Å². The van der Waals surface area contributed by atoms with Gasteiger partial charge in [-0.2, -0.15) is 5.10 Å². The Bertz CT molecular complexity index is 766. The molecule has 0 aromatic heterocycles. The van der Waals surface area contributed by atoms with Crippen molar-refractivity contribution in [2.75, 3.05) is 13.7 Å². The van der Waals surface area contributed by atoms with Gasteiger partial charge in [0.1, 0.15) is 5.75 Å². The summed E-state index contributed by atoms with van der Waals surface area (Å²) in [5, 5.41) is 14.2. The SMILES string of the molecule is COc1ccc(/C=N/NC(=O)COc2ccc(Cl)cc2Cl)cc1O. The first-order valence-corrected chi connectivity index (χ1v) is 7.52. The second-order valence-electron chi connectivity index (χ2n) is 4.59. The van der Waals surface area contributed by atoms with Crippen LogP contribution in [0.2, 0.25) is 10.0 Å². The van der Waals surface area contributed by atoms with Crippen molar-refractivity contribution in [3.8, 4) is 17.2 Å². The van der Waals surface area contributed by atoms with Crippen LogP contribution in [-0.4, -0.2) is 30.9 Å². The maximum absolute atomic E-state index is 11.7. The molecule has 0 heterocycles. The number of nitrogens with zero attached hydrogens (tertiary/aromatic N) is 1. The quantitative estimate of drug-likeness (QED) is 0.605. The minimum absolute atomic E-state index is 0.0199. The van der Waals surface area contributed by atoms with Gasteiger partial charge in [0, 0.05) is 5.02 Å². The molecule has 24 heavy (non-hydrogen) atoms. The van der Waals surface area contributed by atoms with Crippen LogP contribution in [-0.2, 0) is 4.79 Å². The molecule has 0 saturated heterocycles. The molecule has 2 aromatic carbocycles. The Kier molecular flexibility index (Phi) is 6.28. The van der Waals surface area contributed by atoms with Crippen LogP contribution < -0.4 is 14.9 Å². The van der Waals surface area contributed by atoms with E-state index in [-0.39, 0.29) is 12.4 Å². The first-order chi connectivity index (χ1) is 11.5. The van der Waals surface area contributed by atoms with E-state index >= 15 is 0 Å². The third-order valence-corrected chi connectivity index (χ3v) is 3.39. The molecule has 0 fully saturated rings. The van der Waals surface area contributed by atoms with E-state index in [0.717, 1.165) is 0 Å². The lowest BCUT2D eigenvalue weighted by molar-refractivity contribution is -0.123. The minimum Gasteiger partial charge on any atom is -0.504 e. The molecule has 0 aliphatic carbocycles. The van der Waals surface area contributed by atoms with Crippen LogP contribution in [0.15, 0.2) is 41.5 Å². The Morgan fingerprint density at radius 2 is 2.00 bits per heavy atom. The first-order valence-electron chi connectivity index (χ1n) is 6.76. The van der Waals surface area contributed by atoms with Crippen LogP contribution in [0.5, 0.6) is 17.2 Å². The van der Waals surface area contributed by atoms with Crippen LogP contribution >= 0.6 is 23.2 Å². The van der Waals surface area contributed by atoms with Crippen molar-refractivity contribution in [1.29, 1.82) is 0 Å². The number of carbonyl (C=O) groups excluding carboxylic acids is 1. The normalized spacial score (nSPS) is 10.6. The fourth-order valence-electron chi connectivity index (χ4n) is 1.73. The zero-order chi connectivity index (χ0) is 17.5. The molecular formula is C16H14Cl2N2O4. The van der Waals surface area contributed by atoms with Gasteiger partial charge in [0.25, 0.3) is 5.91 Å². The van der Waals surface area contributed by atoms with Crippen LogP contribution in [0, 0.1) is 0 Å². The summed E-state index contributed by atoms with van der Waals surface area (Å²) in [5.74, 6) is 0.216. The van der Waals surface area contributed by atoms with Gasteiger partial charge in [-0.15, -0.1) is 0 Å². The van der Waals surface area contributed by atoms with Gasteiger partial charge in [-0.3, -0.25) is 4.79 Å². The lowest BCUT2D eigenvalue weighted by Gasteiger charge is -2.07. The summed E-state index contributed by atoms with van der Waals surface area (Å²) >= 11 is 11.7. The number of benzene rings is 2. The molecule has 6 nitrogen and oxygen atoms in total. The number of halogens is 2. The highest BCUT2D eigenvalue weighted by atomic mass is 35.5. The summed E-state index contributed by atoms with van der Waals surface area (Å²) in [6, 6.07) is 9.42. The van der Waals surface area contributed by atoms with Crippen molar-refractivity contribution in [2.45, 2.75) is 0 Å².